The van der Waals surface area contributed by atoms with Crippen LogP contribution in [0, 0.1) is 5.92 Å². The Morgan fingerprint density at radius 1 is 1.53 bits per heavy atom. The molecular formula is C12H18ClN3O. The third kappa shape index (κ3) is 4.58. The minimum absolute atomic E-state index is 0.280. The molecule has 5 heteroatoms. The minimum Gasteiger partial charge on any atom is -0.375 e. The quantitative estimate of drug-likeness (QED) is 0.646. The van der Waals surface area contributed by atoms with E-state index in [2.05, 4.69) is 15.3 Å². The smallest absolute Gasteiger partial charge is 0.222 e. The number of ether oxygens (including phenoxy) is 1. The summed E-state index contributed by atoms with van der Waals surface area (Å²) >= 11 is 5.69. The Labute approximate surface area is 107 Å². The van der Waals surface area contributed by atoms with Gasteiger partial charge in [0.15, 0.2) is 0 Å². The van der Waals surface area contributed by atoms with Crippen LogP contribution in [0.15, 0.2) is 12.3 Å². The van der Waals surface area contributed by atoms with Gasteiger partial charge in [-0.15, -0.1) is 0 Å². The van der Waals surface area contributed by atoms with Gasteiger partial charge < -0.3 is 10.1 Å². The number of halogens is 1. The first kappa shape index (κ1) is 12.7. The van der Waals surface area contributed by atoms with Gasteiger partial charge >= 0.3 is 0 Å². The highest BCUT2D eigenvalue weighted by Crippen LogP contribution is 2.14. The van der Waals surface area contributed by atoms with E-state index in [9.17, 15) is 0 Å². The van der Waals surface area contributed by atoms with E-state index in [-0.39, 0.29) is 5.28 Å². The van der Waals surface area contributed by atoms with Crippen LogP contribution in [0.3, 0.4) is 0 Å². The lowest BCUT2D eigenvalue weighted by Crippen LogP contribution is -2.30. The van der Waals surface area contributed by atoms with Gasteiger partial charge in [-0.25, -0.2) is 9.97 Å². The summed E-state index contributed by atoms with van der Waals surface area (Å²) < 4.78 is 5.60. The fraction of sp³-hybridized carbons (Fsp3) is 0.667. The maximum Gasteiger partial charge on any atom is 0.222 e. The SMILES string of the molecule is Clc1nccc(COCCC2CCCNC2)n1. The number of nitrogens with zero attached hydrogens (tertiary/aromatic N) is 2. The van der Waals surface area contributed by atoms with E-state index in [1.165, 1.54) is 12.8 Å². The van der Waals surface area contributed by atoms with Crippen molar-refractivity contribution in [3.05, 3.63) is 23.2 Å². The molecule has 0 aliphatic carbocycles. The fourth-order valence-electron chi connectivity index (χ4n) is 2.05. The first-order chi connectivity index (χ1) is 8.34. The minimum atomic E-state index is 0.280. The summed E-state index contributed by atoms with van der Waals surface area (Å²) in [4.78, 5) is 7.91. The molecule has 1 aromatic heterocycles. The molecule has 94 valence electrons. The number of hydrogen-bond acceptors (Lipinski definition) is 4. The molecule has 0 amide bonds. The van der Waals surface area contributed by atoms with Crippen LogP contribution in [0.25, 0.3) is 0 Å². The van der Waals surface area contributed by atoms with E-state index in [1.807, 2.05) is 6.07 Å². The second-order valence-electron chi connectivity index (χ2n) is 4.37. The lowest BCUT2D eigenvalue weighted by atomic mass is 9.97. The fourth-order valence-corrected chi connectivity index (χ4v) is 2.21. The topological polar surface area (TPSA) is 47.0 Å². The van der Waals surface area contributed by atoms with Crippen molar-refractivity contribution < 1.29 is 4.74 Å². The first-order valence-electron chi connectivity index (χ1n) is 6.10. The van der Waals surface area contributed by atoms with Crippen molar-refractivity contribution >= 4 is 11.6 Å². The van der Waals surface area contributed by atoms with Crippen LogP contribution < -0.4 is 5.32 Å². The van der Waals surface area contributed by atoms with Gasteiger partial charge in [0.2, 0.25) is 5.28 Å². The van der Waals surface area contributed by atoms with Crippen molar-refractivity contribution in [3.8, 4) is 0 Å². The van der Waals surface area contributed by atoms with Gasteiger partial charge in [0.25, 0.3) is 0 Å². The summed E-state index contributed by atoms with van der Waals surface area (Å²) in [6, 6.07) is 1.83. The van der Waals surface area contributed by atoms with Crippen molar-refractivity contribution in [2.24, 2.45) is 5.92 Å². The van der Waals surface area contributed by atoms with Gasteiger partial charge in [0.1, 0.15) is 0 Å². The Balaban J connectivity index is 1.62. The molecule has 1 atom stereocenters. The third-order valence-corrected chi connectivity index (χ3v) is 3.19. The van der Waals surface area contributed by atoms with E-state index in [4.69, 9.17) is 16.3 Å². The molecule has 1 aliphatic heterocycles. The number of rotatable bonds is 5. The molecule has 1 aromatic rings. The molecule has 0 aromatic carbocycles. The highest BCUT2D eigenvalue weighted by Gasteiger charge is 2.12. The highest BCUT2D eigenvalue weighted by atomic mass is 35.5. The van der Waals surface area contributed by atoms with Crippen molar-refractivity contribution in [1.29, 1.82) is 0 Å². The first-order valence-corrected chi connectivity index (χ1v) is 6.48. The van der Waals surface area contributed by atoms with Crippen LogP contribution in [0.1, 0.15) is 25.0 Å². The van der Waals surface area contributed by atoms with Gasteiger partial charge in [0.05, 0.1) is 12.3 Å². The van der Waals surface area contributed by atoms with E-state index < -0.39 is 0 Å². The molecule has 0 saturated carbocycles. The molecule has 0 bridgehead atoms. The Bertz CT molecular complexity index is 342. The molecular weight excluding hydrogens is 238 g/mol. The van der Waals surface area contributed by atoms with E-state index >= 15 is 0 Å². The maximum atomic E-state index is 5.69. The Morgan fingerprint density at radius 3 is 3.24 bits per heavy atom. The van der Waals surface area contributed by atoms with Gasteiger partial charge in [-0.2, -0.15) is 0 Å². The molecule has 17 heavy (non-hydrogen) atoms. The Kier molecular flexibility index (Phi) is 5.16. The zero-order valence-electron chi connectivity index (χ0n) is 9.86. The normalized spacial score (nSPS) is 20.4. The van der Waals surface area contributed by atoms with Crippen LogP contribution in [-0.4, -0.2) is 29.7 Å². The van der Waals surface area contributed by atoms with E-state index in [1.54, 1.807) is 6.20 Å². The molecule has 0 spiro atoms. The monoisotopic (exact) mass is 255 g/mol. The van der Waals surface area contributed by atoms with Gasteiger partial charge in [-0.1, -0.05) is 0 Å². The predicted octanol–water partition coefficient (Wildman–Crippen LogP) is 2.04. The molecule has 2 heterocycles. The molecule has 1 unspecified atom stereocenters. The Morgan fingerprint density at radius 2 is 2.47 bits per heavy atom. The molecule has 1 saturated heterocycles. The molecule has 1 N–H and O–H groups in total. The number of aromatic nitrogens is 2. The summed E-state index contributed by atoms with van der Waals surface area (Å²) in [5.41, 5.74) is 0.840. The van der Waals surface area contributed by atoms with Gasteiger partial charge in [0, 0.05) is 12.8 Å². The number of hydrogen-bond donors (Lipinski definition) is 1. The molecule has 1 fully saturated rings. The summed E-state index contributed by atoms with van der Waals surface area (Å²) in [5, 5.41) is 3.69. The second-order valence-corrected chi connectivity index (χ2v) is 4.71. The molecule has 4 nitrogen and oxygen atoms in total. The van der Waals surface area contributed by atoms with Crippen LogP contribution in [0.5, 0.6) is 0 Å². The van der Waals surface area contributed by atoms with E-state index in [0.29, 0.717) is 6.61 Å². The standard InChI is InChI=1S/C12H18ClN3O/c13-12-15-6-3-11(16-12)9-17-7-4-10-2-1-5-14-8-10/h3,6,10,14H,1-2,4-5,7-9H2. The number of nitrogens with one attached hydrogen (secondary N) is 1. The highest BCUT2D eigenvalue weighted by molar-refractivity contribution is 6.28. The lowest BCUT2D eigenvalue weighted by Gasteiger charge is -2.22. The van der Waals surface area contributed by atoms with Crippen LogP contribution in [0.4, 0.5) is 0 Å². The average Bonchev–Trinajstić information content (AvgIpc) is 2.36. The third-order valence-electron chi connectivity index (χ3n) is 3.00. The zero-order chi connectivity index (χ0) is 11.9. The summed E-state index contributed by atoms with van der Waals surface area (Å²) in [6.07, 6.45) is 5.37. The number of piperidine rings is 1. The van der Waals surface area contributed by atoms with Crippen LogP contribution in [0.2, 0.25) is 5.28 Å². The van der Waals surface area contributed by atoms with Crippen molar-refractivity contribution in [2.75, 3.05) is 19.7 Å². The summed E-state index contributed by atoms with van der Waals surface area (Å²) in [5.74, 6) is 0.762. The lowest BCUT2D eigenvalue weighted by molar-refractivity contribution is 0.101. The average molecular weight is 256 g/mol. The van der Waals surface area contributed by atoms with Gasteiger partial charge in [-0.3, -0.25) is 0 Å². The van der Waals surface area contributed by atoms with Crippen LogP contribution in [-0.2, 0) is 11.3 Å². The second kappa shape index (κ2) is 6.89. The Hall–Kier alpha value is -0.710. The summed E-state index contributed by atoms with van der Waals surface area (Å²) in [6.45, 7) is 3.59. The van der Waals surface area contributed by atoms with Crippen molar-refractivity contribution in [2.45, 2.75) is 25.9 Å². The predicted molar refractivity (Wildman–Crippen MR) is 66.9 cm³/mol. The molecule has 0 radical (unpaired) electrons. The van der Waals surface area contributed by atoms with Gasteiger partial charge in [-0.05, 0) is 55.9 Å². The largest absolute Gasteiger partial charge is 0.375 e. The van der Waals surface area contributed by atoms with Crippen molar-refractivity contribution in [3.63, 3.8) is 0 Å². The summed E-state index contributed by atoms with van der Waals surface area (Å²) in [7, 11) is 0. The van der Waals surface area contributed by atoms with E-state index in [0.717, 1.165) is 37.7 Å². The zero-order valence-corrected chi connectivity index (χ0v) is 10.6. The molecule has 2 rings (SSSR count). The van der Waals surface area contributed by atoms with Crippen LogP contribution >= 0.6 is 11.6 Å². The maximum absolute atomic E-state index is 5.69. The van der Waals surface area contributed by atoms with Crippen molar-refractivity contribution in [1.82, 2.24) is 15.3 Å². The molecule has 1 aliphatic rings.